The molecule has 1 aromatic carbocycles. The standard InChI is InChI=1S/C14H12ClN3O/c15-14-11(6-8-19-14)13(18-16)10-3-1-5-12-9(10)4-2-7-17-12/h1-8,13,18H,16H2. The molecule has 1 unspecified atom stereocenters. The molecule has 1 atom stereocenters. The number of furan rings is 1. The van der Waals surface area contributed by atoms with Gasteiger partial charge in [0.15, 0.2) is 5.22 Å². The normalized spacial score (nSPS) is 12.7. The Balaban J connectivity index is 2.20. The Bertz CT molecular complexity index is 705. The lowest BCUT2D eigenvalue weighted by Crippen LogP contribution is -2.28. The van der Waals surface area contributed by atoms with Gasteiger partial charge < -0.3 is 4.42 Å². The first-order valence-corrected chi connectivity index (χ1v) is 6.21. The van der Waals surface area contributed by atoms with Crippen molar-refractivity contribution in [3.63, 3.8) is 0 Å². The average molecular weight is 274 g/mol. The molecule has 2 aromatic heterocycles. The zero-order valence-corrected chi connectivity index (χ0v) is 10.8. The van der Waals surface area contributed by atoms with Crippen molar-refractivity contribution in [1.82, 2.24) is 10.4 Å². The molecule has 0 aliphatic heterocycles. The second-order valence-corrected chi connectivity index (χ2v) is 4.51. The SMILES string of the molecule is NNC(c1ccoc1Cl)c1cccc2ncccc12. The Hall–Kier alpha value is -1.88. The highest BCUT2D eigenvalue weighted by Crippen LogP contribution is 2.32. The highest BCUT2D eigenvalue weighted by Gasteiger charge is 2.19. The molecule has 3 aromatic rings. The Morgan fingerprint density at radius 3 is 2.79 bits per heavy atom. The number of pyridine rings is 1. The number of nitrogens with one attached hydrogen (secondary N) is 1. The number of hydrazine groups is 1. The largest absolute Gasteiger partial charge is 0.453 e. The summed E-state index contributed by atoms with van der Waals surface area (Å²) in [5, 5.41) is 1.37. The van der Waals surface area contributed by atoms with E-state index in [4.69, 9.17) is 21.9 Å². The number of fused-ring (bicyclic) bond motifs is 1. The summed E-state index contributed by atoms with van der Waals surface area (Å²) < 4.78 is 5.14. The highest BCUT2D eigenvalue weighted by molar-refractivity contribution is 6.29. The van der Waals surface area contributed by atoms with Crippen LogP contribution in [0.15, 0.2) is 53.3 Å². The summed E-state index contributed by atoms with van der Waals surface area (Å²) in [5.74, 6) is 5.69. The van der Waals surface area contributed by atoms with Crippen LogP contribution >= 0.6 is 11.6 Å². The number of benzene rings is 1. The number of nitrogens with two attached hydrogens (primary N) is 1. The summed E-state index contributed by atoms with van der Waals surface area (Å²) in [6, 6.07) is 11.4. The van der Waals surface area contributed by atoms with Crippen molar-refractivity contribution >= 4 is 22.5 Å². The fourth-order valence-electron chi connectivity index (χ4n) is 2.24. The molecule has 96 valence electrons. The minimum absolute atomic E-state index is 0.237. The van der Waals surface area contributed by atoms with E-state index >= 15 is 0 Å². The monoisotopic (exact) mass is 273 g/mol. The number of aromatic nitrogens is 1. The van der Waals surface area contributed by atoms with Gasteiger partial charge in [0.25, 0.3) is 0 Å². The first-order valence-electron chi connectivity index (χ1n) is 5.84. The van der Waals surface area contributed by atoms with Crippen molar-refractivity contribution < 1.29 is 4.42 Å². The van der Waals surface area contributed by atoms with Crippen molar-refractivity contribution in [3.8, 4) is 0 Å². The first kappa shape index (κ1) is 12.2. The predicted octanol–water partition coefficient (Wildman–Crippen LogP) is 3.03. The minimum Gasteiger partial charge on any atom is -0.453 e. The molecular weight excluding hydrogens is 262 g/mol. The third-order valence-corrected chi connectivity index (χ3v) is 3.42. The van der Waals surface area contributed by atoms with Gasteiger partial charge in [-0.3, -0.25) is 10.8 Å². The maximum Gasteiger partial charge on any atom is 0.198 e. The van der Waals surface area contributed by atoms with E-state index in [1.807, 2.05) is 36.4 Å². The summed E-state index contributed by atoms with van der Waals surface area (Å²) in [6.07, 6.45) is 3.31. The molecule has 0 aliphatic rings. The second-order valence-electron chi connectivity index (χ2n) is 4.17. The maximum absolute atomic E-state index is 6.04. The smallest absolute Gasteiger partial charge is 0.198 e. The van der Waals surface area contributed by atoms with Crippen molar-refractivity contribution in [1.29, 1.82) is 0 Å². The molecule has 0 amide bonds. The highest BCUT2D eigenvalue weighted by atomic mass is 35.5. The van der Waals surface area contributed by atoms with Crippen LogP contribution in [0.1, 0.15) is 17.2 Å². The molecule has 0 spiro atoms. The van der Waals surface area contributed by atoms with Gasteiger partial charge in [-0.2, -0.15) is 0 Å². The minimum atomic E-state index is -0.237. The Morgan fingerprint density at radius 2 is 2.05 bits per heavy atom. The third-order valence-electron chi connectivity index (χ3n) is 3.11. The van der Waals surface area contributed by atoms with Gasteiger partial charge in [0.1, 0.15) is 0 Å². The van der Waals surface area contributed by atoms with E-state index in [-0.39, 0.29) is 6.04 Å². The van der Waals surface area contributed by atoms with E-state index in [0.29, 0.717) is 5.22 Å². The molecular formula is C14H12ClN3O. The summed E-state index contributed by atoms with van der Waals surface area (Å²) in [7, 11) is 0. The summed E-state index contributed by atoms with van der Waals surface area (Å²) in [5.41, 5.74) is 5.51. The van der Waals surface area contributed by atoms with Gasteiger partial charge in [0.05, 0.1) is 17.8 Å². The maximum atomic E-state index is 6.04. The van der Waals surface area contributed by atoms with Crippen LogP contribution in [0.4, 0.5) is 0 Å². The van der Waals surface area contributed by atoms with Gasteiger partial charge in [-0.1, -0.05) is 18.2 Å². The van der Waals surface area contributed by atoms with E-state index in [9.17, 15) is 0 Å². The van der Waals surface area contributed by atoms with Gasteiger partial charge in [-0.15, -0.1) is 0 Å². The van der Waals surface area contributed by atoms with Crippen molar-refractivity contribution in [2.75, 3.05) is 0 Å². The van der Waals surface area contributed by atoms with Gasteiger partial charge in [-0.05, 0) is 35.4 Å². The van der Waals surface area contributed by atoms with Crippen LogP contribution in [0.3, 0.4) is 0 Å². The van der Waals surface area contributed by atoms with Crippen molar-refractivity contribution in [2.45, 2.75) is 6.04 Å². The fraction of sp³-hybridized carbons (Fsp3) is 0.0714. The van der Waals surface area contributed by atoms with Crippen LogP contribution in [-0.2, 0) is 0 Å². The molecule has 0 radical (unpaired) electrons. The van der Waals surface area contributed by atoms with E-state index in [1.165, 1.54) is 0 Å². The lowest BCUT2D eigenvalue weighted by molar-refractivity contribution is 0.556. The summed E-state index contributed by atoms with van der Waals surface area (Å²) >= 11 is 6.04. The average Bonchev–Trinajstić information content (AvgIpc) is 2.86. The summed E-state index contributed by atoms with van der Waals surface area (Å²) in [6.45, 7) is 0. The third kappa shape index (κ3) is 2.10. The van der Waals surface area contributed by atoms with Crippen molar-refractivity contribution in [2.24, 2.45) is 5.84 Å². The predicted molar refractivity (Wildman–Crippen MR) is 74.6 cm³/mol. The molecule has 0 fully saturated rings. The molecule has 5 heteroatoms. The Morgan fingerprint density at radius 1 is 1.16 bits per heavy atom. The molecule has 0 saturated carbocycles. The lowest BCUT2D eigenvalue weighted by atomic mass is 9.97. The molecule has 0 saturated heterocycles. The quantitative estimate of drug-likeness (QED) is 0.569. The van der Waals surface area contributed by atoms with Crippen LogP contribution in [-0.4, -0.2) is 4.98 Å². The number of hydrogen-bond acceptors (Lipinski definition) is 4. The Labute approximate surface area is 115 Å². The van der Waals surface area contributed by atoms with Crippen LogP contribution < -0.4 is 11.3 Å². The van der Waals surface area contributed by atoms with Gasteiger partial charge in [-0.25, -0.2) is 5.43 Å². The van der Waals surface area contributed by atoms with Crippen LogP contribution in [0.5, 0.6) is 0 Å². The summed E-state index contributed by atoms with van der Waals surface area (Å²) in [4.78, 5) is 4.34. The molecule has 2 heterocycles. The number of nitrogens with zero attached hydrogens (tertiary/aromatic N) is 1. The van der Waals surface area contributed by atoms with Crippen LogP contribution in [0.2, 0.25) is 5.22 Å². The van der Waals surface area contributed by atoms with E-state index in [1.54, 1.807) is 12.5 Å². The zero-order valence-electron chi connectivity index (χ0n) is 10.0. The Kier molecular flexibility index (Phi) is 3.21. The molecule has 3 rings (SSSR count). The van der Waals surface area contributed by atoms with Gasteiger partial charge in [0.2, 0.25) is 0 Å². The lowest BCUT2D eigenvalue weighted by Gasteiger charge is -2.17. The number of hydrogen-bond donors (Lipinski definition) is 2. The molecule has 19 heavy (non-hydrogen) atoms. The molecule has 3 N–H and O–H groups in total. The number of rotatable bonds is 3. The van der Waals surface area contributed by atoms with E-state index < -0.39 is 0 Å². The van der Waals surface area contributed by atoms with E-state index in [2.05, 4.69) is 10.4 Å². The van der Waals surface area contributed by atoms with Crippen LogP contribution in [0.25, 0.3) is 10.9 Å². The molecule has 4 nitrogen and oxygen atoms in total. The number of halogens is 1. The fourth-order valence-corrected chi connectivity index (χ4v) is 2.46. The molecule has 0 aliphatic carbocycles. The van der Waals surface area contributed by atoms with E-state index in [0.717, 1.165) is 22.0 Å². The van der Waals surface area contributed by atoms with Gasteiger partial charge >= 0.3 is 0 Å². The van der Waals surface area contributed by atoms with Crippen LogP contribution in [0, 0.1) is 0 Å². The second kappa shape index (κ2) is 5.01. The van der Waals surface area contributed by atoms with Gasteiger partial charge in [0, 0.05) is 17.1 Å². The first-order chi connectivity index (χ1) is 9.31. The zero-order chi connectivity index (χ0) is 13.2. The molecule has 0 bridgehead atoms. The topological polar surface area (TPSA) is 64.1 Å². The van der Waals surface area contributed by atoms with Crippen molar-refractivity contribution in [3.05, 3.63) is 65.2 Å².